The Kier molecular flexibility index (Phi) is 4.48. The molecule has 0 radical (unpaired) electrons. The van der Waals surface area contributed by atoms with Gasteiger partial charge < -0.3 is 19.5 Å². The summed E-state index contributed by atoms with van der Waals surface area (Å²) in [4.78, 5) is 12.3. The van der Waals surface area contributed by atoms with Gasteiger partial charge in [-0.1, -0.05) is 53.7 Å². The zero-order chi connectivity index (χ0) is 18.8. The average Bonchev–Trinajstić information content (AvgIpc) is 3.32. The quantitative estimate of drug-likeness (QED) is 0.572. The van der Waals surface area contributed by atoms with Crippen LogP contribution in [-0.4, -0.2) is 27.3 Å². The van der Waals surface area contributed by atoms with Crippen LogP contribution < -0.4 is 5.32 Å². The predicted molar refractivity (Wildman–Crippen MR) is 102 cm³/mol. The zero-order valence-corrected chi connectivity index (χ0v) is 14.8. The summed E-state index contributed by atoms with van der Waals surface area (Å²) < 4.78 is 7.21. The summed E-state index contributed by atoms with van der Waals surface area (Å²) in [6, 6.07) is 18.9. The van der Waals surface area contributed by atoms with E-state index in [0.29, 0.717) is 5.76 Å². The van der Waals surface area contributed by atoms with E-state index in [9.17, 15) is 9.90 Å². The van der Waals surface area contributed by atoms with Crippen molar-refractivity contribution in [1.82, 2.24) is 15.0 Å². The highest BCUT2D eigenvalue weighted by Gasteiger charge is 2.18. The zero-order valence-electron chi connectivity index (χ0n) is 14.8. The normalized spacial score (nSPS) is 12.2. The predicted octanol–water partition coefficient (Wildman–Crippen LogP) is 3.30. The molecule has 4 rings (SSSR count). The van der Waals surface area contributed by atoms with Crippen LogP contribution in [0.25, 0.3) is 22.2 Å². The Labute approximate surface area is 156 Å². The van der Waals surface area contributed by atoms with Crippen molar-refractivity contribution in [3.63, 3.8) is 0 Å². The van der Waals surface area contributed by atoms with Gasteiger partial charge in [-0.15, -0.1) is 0 Å². The van der Waals surface area contributed by atoms with E-state index in [0.717, 1.165) is 22.0 Å². The van der Waals surface area contributed by atoms with Gasteiger partial charge in [-0.2, -0.15) is 0 Å². The van der Waals surface area contributed by atoms with Crippen molar-refractivity contribution in [3.05, 3.63) is 78.1 Å². The maximum Gasteiger partial charge on any atom is 0.273 e. The Balaban J connectivity index is 1.45. The van der Waals surface area contributed by atoms with Crippen molar-refractivity contribution in [2.24, 2.45) is 7.05 Å². The third-order valence-electron chi connectivity index (χ3n) is 4.54. The van der Waals surface area contributed by atoms with Gasteiger partial charge in [0.2, 0.25) is 0 Å². The third kappa shape index (κ3) is 3.35. The summed E-state index contributed by atoms with van der Waals surface area (Å²) in [6.07, 6.45) is 1.06. The van der Waals surface area contributed by atoms with Crippen molar-refractivity contribution >= 4 is 16.8 Å². The minimum Gasteiger partial charge on any atom is -0.386 e. The van der Waals surface area contributed by atoms with E-state index < -0.39 is 6.10 Å². The number of aromatic nitrogens is 2. The smallest absolute Gasteiger partial charge is 0.273 e. The fourth-order valence-corrected chi connectivity index (χ4v) is 3.15. The molecular formula is C21H19N3O3. The monoisotopic (exact) mass is 361 g/mol. The number of amides is 1. The summed E-state index contributed by atoms with van der Waals surface area (Å²) in [5.41, 5.74) is 2.83. The van der Waals surface area contributed by atoms with Crippen molar-refractivity contribution in [2.45, 2.75) is 6.10 Å². The Hall–Kier alpha value is -3.38. The first kappa shape index (κ1) is 17.1. The second-order valence-corrected chi connectivity index (χ2v) is 6.38. The van der Waals surface area contributed by atoms with Crippen LogP contribution in [0.5, 0.6) is 0 Å². The highest BCUT2D eigenvalue weighted by atomic mass is 16.5. The summed E-state index contributed by atoms with van der Waals surface area (Å²) in [6.45, 7) is 0.0837. The number of benzene rings is 2. The van der Waals surface area contributed by atoms with E-state index in [1.807, 2.05) is 72.4 Å². The molecule has 0 saturated carbocycles. The second-order valence-electron chi connectivity index (χ2n) is 6.38. The van der Waals surface area contributed by atoms with Crippen LogP contribution in [0.15, 0.2) is 71.4 Å². The lowest BCUT2D eigenvalue weighted by Gasteiger charge is -2.10. The lowest BCUT2D eigenvalue weighted by molar-refractivity contribution is 0.0908. The number of carbonyl (C=O) groups is 1. The Morgan fingerprint density at radius 2 is 1.93 bits per heavy atom. The van der Waals surface area contributed by atoms with Gasteiger partial charge in [-0.25, -0.2) is 0 Å². The highest BCUT2D eigenvalue weighted by Crippen LogP contribution is 2.25. The van der Waals surface area contributed by atoms with Gasteiger partial charge in [-0.05, 0) is 6.07 Å². The minimum absolute atomic E-state index is 0.0837. The maximum atomic E-state index is 12.3. The Bertz CT molecular complexity index is 1080. The number of hydrogen-bond donors (Lipinski definition) is 2. The standard InChI is InChI=1S/C21H19N3O3/c1-24-13-16(15-9-5-6-10-18(15)24)19(25)12-22-21(26)17-11-20(27-23-17)14-7-3-2-4-8-14/h2-11,13,19,25H,12H2,1H3,(H,22,26). The molecule has 136 valence electrons. The molecule has 6 nitrogen and oxygen atoms in total. The molecule has 0 saturated heterocycles. The summed E-state index contributed by atoms with van der Waals surface area (Å²) in [5.74, 6) is 0.135. The van der Waals surface area contributed by atoms with Crippen LogP contribution in [0.2, 0.25) is 0 Å². The van der Waals surface area contributed by atoms with E-state index in [1.54, 1.807) is 6.07 Å². The molecule has 0 spiro atoms. The number of aryl methyl sites for hydroxylation is 1. The van der Waals surface area contributed by atoms with Crippen LogP contribution in [0.4, 0.5) is 0 Å². The molecule has 0 fully saturated rings. The molecule has 2 aromatic heterocycles. The number of fused-ring (bicyclic) bond motifs is 1. The van der Waals surface area contributed by atoms with Gasteiger partial charge in [0.25, 0.3) is 5.91 Å². The second kappa shape index (κ2) is 7.09. The molecule has 2 heterocycles. The van der Waals surface area contributed by atoms with Crippen LogP contribution in [0.3, 0.4) is 0 Å². The lowest BCUT2D eigenvalue weighted by atomic mass is 10.1. The van der Waals surface area contributed by atoms with Gasteiger partial charge >= 0.3 is 0 Å². The SMILES string of the molecule is Cn1cc(C(O)CNC(=O)c2cc(-c3ccccc3)on2)c2ccccc21. The van der Waals surface area contributed by atoms with Crippen molar-refractivity contribution in [1.29, 1.82) is 0 Å². The number of aliphatic hydroxyl groups is 1. The number of nitrogens with zero attached hydrogens (tertiary/aromatic N) is 2. The first-order valence-electron chi connectivity index (χ1n) is 8.66. The molecule has 0 bridgehead atoms. The van der Waals surface area contributed by atoms with Gasteiger partial charge in [0.1, 0.15) is 0 Å². The van der Waals surface area contributed by atoms with E-state index in [2.05, 4.69) is 10.5 Å². The number of nitrogens with one attached hydrogen (secondary N) is 1. The number of rotatable bonds is 5. The summed E-state index contributed by atoms with van der Waals surface area (Å²) >= 11 is 0. The molecule has 0 aliphatic heterocycles. The fraction of sp³-hybridized carbons (Fsp3) is 0.143. The number of hydrogen-bond acceptors (Lipinski definition) is 4. The van der Waals surface area contributed by atoms with Crippen LogP contribution >= 0.6 is 0 Å². The Morgan fingerprint density at radius 3 is 2.74 bits per heavy atom. The van der Waals surface area contributed by atoms with Gasteiger partial charge in [0.15, 0.2) is 11.5 Å². The van der Waals surface area contributed by atoms with Crippen molar-refractivity contribution in [2.75, 3.05) is 6.54 Å². The molecule has 4 aromatic rings. The average molecular weight is 361 g/mol. The molecule has 0 aliphatic rings. The molecule has 1 unspecified atom stereocenters. The molecule has 1 atom stereocenters. The number of para-hydroxylation sites is 1. The molecule has 2 N–H and O–H groups in total. The van der Waals surface area contributed by atoms with Gasteiger partial charge in [-0.3, -0.25) is 4.79 Å². The topological polar surface area (TPSA) is 80.3 Å². The maximum absolute atomic E-state index is 12.3. The first-order valence-corrected chi connectivity index (χ1v) is 8.66. The number of carbonyl (C=O) groups excluding carboxylic acids is 1. The van der Waals surface area contributed by atoms with Crippen molar-refractivity contribution < 1.29 is 14.4 Å². The van der Waals surface area contributed by atoms with E-state index in [4.69, 9.17) is 4.52 Å². The van der Waals surface area contributed by atoms with Gasteiger partial charge in [0, 0.05) is 47.9 Å². The molecule has 6 heteroatoms. The molecule has 27 heavy (non-hydrogen) atoms. The summed E-state index contributed by atoms with van der Waals surface area (Å²) in [5, 5.41) is 18.0. The van der Waals surface area contributed by atoms with Crippen LogP contribution in [-0.2, 0) is 7.05 Å². The van der Waals surface area contributed by atoms with E-state index in [-0.39, 0.29) is 18.1 Å². The minimum atomic E-state index is -0.819. The lowest BCUT2D eigenvalue weighted by Crippen LogP contribution is -2.28. The molecular weight excluding hydrogens is 342 g/mol. The van der Waals surface area contributed by atoms with Crippen molar-refractivity contribution in [3.8, 4) is 11.3 Å². The molecule has 1 amide bonds. The molecule has 0 aliphatic carbocycles. The summed E-state index contributed by atoms with van der Waals surface area (Å²) in [7, 11) is 1.93. The van der Waals surface area contributed by atoms with Crippen LogP contribution in [0, 0.1) is 0 Å². The van der Waals surface area contributed by atoms with E-state index in [1.165, 1.54) is 0 Å². The van der Waals surface area contributed by atoms with Crippen LogP contribution in [0.1, 0.15) is 22.2 Å². The van der Waals surface area contributed by atoms with Gasteiger partial charge in [0.05, 0.1) is 6.10 Å². The highest BCUT2D eigenvalue weighted by molar-refractivity contribution is 5.93. The third-order valence-corrected chi connectivity index (χ3v) is 4.54. The molecule has 2 aromatic carbocycles. The van der Waals surface area contributed by atoms with E-state index >= 15 is 0 Å². The Morgan fingerprint density at radius 1 is 1.19 bits per heavy atom. The first-order chi connectivity index (χ1) is 13.1. The largest absolute Gasteiger partial charge is 0.386 e. The fourth-order valence-electron chi connectivity index (χ4n) is 3.15. The number of aliphatic hydroxyl groups excluding tert-OH is 1.